The van der Waals surface area contributed by atoms with Crippen LogP contribution in [0.1, 0.15) is 40.5 Å². The molecule has 0 saturated carbocycles. The van der Waals surface area contributed by atoms with E-state index < -0.39 is 0 Å². The van der Waals surface area contributed by atoms with Gasteiger partial charge in [0.2, 0.25) is 0 Å². The summed E-state index contributed by atoms with van der Waals surface area (Å²) in [4.78, 5) is 7.00. The van der Waals surface area contributed by atoms with E-state index in [0.717, 1.165) is 23.9 Å². The van der Waals surface area contributed by atoms with E-state index in [2.05, 4.69) is 29.1 Å². The van der Waals surface area contributed by atoms with Gasteiger partial charge < -0.3 is 15.8 Å². The van der Waals surface area contributed by atoms with Gasteiger partial charge in [-0.3, -0.25) is 9.89 Å². The first-order valence-corrected chi connectivity index (χ1v) is 9.01. The number of nitrogens with two attached hydrogens (primary N) is 1. The number of rotatable bonds is 6. The summed E-state index contributed by atoms with van der Waals surface area (Å²) in [7, 11) is 0. The number of anilines is 1. The Bertz CT molecular complexity index is 525. The third-order valence-corrected chi connectivity index (χ3v) is 4.47. The van der Waals surface area contributed by atoms with Crippen LogP contribution in [0.15, 0.2) is 29.3 Å². The number of aliphatic imine (C=N–C) groups is 1. The van der Waals surface area contributed by atoms with Gasteiger partial charge >= 0.3 is 0 Å². The highest BCUT2D eigenvalue weighted by Gasteiger charge is 2.19. The Morgan fingerprint density at radius 2 is 1.84 bits per heavy atom. The molecule has 1 aliphatic rings. The zero-order valence-electron chi connectivity index (χ0n) is 15.9. The smallest absolute Gasteiger partial charge is 0.193 e. The fourth-order valence-electron chi connectivity index (χ4n) is 2.89. The van der Waals surface area contributed by atoms with Gasteiger partial charge in [0.25, 0.3) is 0 Å². The predicted molar refractivity (Wildman–Crippen MR) is 117 cm³/mol. The van der Waals surface area contributed by atoms with Crippen LogP contribution >= 0.6 is 24.0 Å². The Kier molecular flexibility index (Phi) is 9.56. The van der Waals surface area contributed by atoms with Crippen molar-refractivity contribution in [2.45, 2.75) is 52.7 Å². The molecule has 1 fully saturated rings. The number of nitrogens with zero attached hydrogens (tertiary/aromatic N) is 2. The molecule has 6 heteroatoms. The minimum atomic E-state index is 0. The molecular weight excluding hydrogens is 427 g/mol. The summed E-state index contributed by atoms with van der Waals surface area (Å²) in [6.07, 6.45) is 2.74. The molecule has 1 atom stereocenters. The van der Waals surface area contributed by atoms with Crippen molar-refractivity contribution in [1.29, 1.82) is 0 Å². The van der Waals surface area contributed by atoms with Crippen LogP contribution in [0.3, 0.4) is 0 Å². The highest BCUT2D eigenvalue weighted by atomic mass is 127. The van der Waals surface area contributed by atoms with Crippen molar-refractivity contribution in [1.82, 2.24) is 4.90 Å². The number of piperidine rings is 1. The minimum absolute atomic E-state index is 0. The number of benzene rings is 1. The largest absolute Gasteiger partial charge is 0.491 e. The van der Waals surface area contributed by atoms with Crippen molar-refractivity contribution in [2.75, 3.05) is 25.0 Å². The molecule has 1 aliphatic heterocycles. The van der Waals surface area contributed by atoms with E-state index in [1.54, 1.807) is 0 Å². The van der Waals surface area contributed by atoms with E-state index >= 15 is 0 Å². The van der Waals surface area contributed by atoms with E-state index in [4.69, 9.17) is 10.5 Å². The van der Waals surface area contributed by atoms with E-state index in [1.807, 2.05) is 38.1 Å². The van der Waals surface area contributed by atoms with Crippen LogP contribution in [0.4, 0.5) is 5.69 Å². The monoisotopic (exact) mass is 460 g/mol. The first-order chi connectivity index (χ1) is 11.4. The van der Waals surface area contributed by atoms with Crippen LogP contribution in [0, 0.1) is 5.92 Å². The van der Waals surface area contributed by atoms with Crippen LogP contribution in [0.5, 0.6) is 5.75 Å². The maximum absolute atomic E-state index is 6.01. The zero-order valence-corrected chi connectivity index (χ0v) is 18.2. The summed E-state index contributed by atoms with van der Waals surface area (Å²) in [6, 6.07) is 8.21. The molecular formula is C19H33IN4O. The summed E-state index contributed by atoms with van der Waals surface area (Å²) in [5, 5.41) is 3.14. The zero-order chi connectivity index (χ0) is 17.5. The molecule has 142 valence electrons. The summed E-state index contributed by atoms with van der Waals surface area (Å²) in [5.74, 6) is 2.18. The molecule has 0 amide bonds. The second kappa shape index (κ2) is 10.9. The Labute approximate surface area is 169 Å². The molecule has 1 aromatic rings. The molecule has 3 N–H and O–H groups in total. The van der Waals surface area contributed by atoms with E-state index in [1.165, 1.54) is 25.9 Å². The SMILES string of the molecule is CC1CCN(C(C)CN=C(N)Nc2ccc(OC(C)C)cc2)CC1.I. The quantitative estimate of drug-likeness (QED) is 0.384. The molecule has 2 rings (SSSR count). The molecule has 0 radical (unpaired) electrons. The summed E-state index contributed by atoms with van der Waals surface area (Å²) in [6.45, 7) is 11.7. The molecule has 1 aromatic carbocycles. The lowest BCUT2D eigenvalue weighted by Gasteiger charge is -2.34. The average Bonchev–Trinajstić information content (AvgIpc) is 2.54. The van der Waals surface area contributed by atoms with Crippen molar-refractivity contribution in [2.24, 2.45) is 16.6 Å². The first-order valence-electron chi connectivity index (χ1n) is 9.01. The second-order valence-corrected chi connectivity index (χ2v) is 7.11. The number of halogens is 1. The van der Waals surface area contributed by atoms with Crippen molar-refractivity contribution >= 4 is 35.6 Å². The molecule has 1 unspecified atom stereocenters. The van der Waals surface area contributed by atoms with Gasteiger partial charge in [0.15, 0.2) is 5.96 Å². The Morgan fingerprint density at radius 1 is 1.24 bits per heavy atom. The van der Waals surface area contributed by atoms with Gasteiger partial charge in [-0.1, -0.05) is 6.92 Å². The maximum atomic E-state index is 6.01. The fraction of sp³-hybridized carbons (Fsp3) is 0.632. The van der Waals surface area contributed by atoms with Crippen LogP contribution in [0.2, 0.25) is 0 Å². The van der Waals surface area contributed by atoms with Crippen molar-refractivity contribution in [3.63, 3.8) is 0 Å². The standard InChI is InChI=1S/C19H32N4O.HI/c1-14(2)24-18-7-5-17(6-8-18)22-19(20)21-13-16(4)23-11-9-15(3)10-12-23;/h5-8,14-16H,9-13H2,1-4H3,(H3,20,21,22);1H. The van der Waals surface area contributed by atoms with Crippen LogP contribution in [-0.4, -0.2) is 42.6 Å². The number of hydrogen-bond acceptors (Lipinski definition) is 3. The van der Waals surface area contributed by atoms with Crippen molar-refractivity contribution < 1.29 is 4.74 Å². The van der Waals surface area contributed by atoms with E-state index in [-0.39, 0.29) is 30.1 Å². The second-order valence-electron chi connectivity index (χ2n) is 7.11. The third kappa shape index (κ3) is 7.81. The highest BCUT2D eigenvalue weighted by Crippen LogP contribution is 2.18. The molecule has 0 bridgehead atoms. The number of ether oxygens (including phenoxy) is 1. The Morgan fingerprint density at radius 3 is 2.40 bits per heavy atom. The lowest BCUT2D eigenvalue weighted by Crippen LogP contribution is -2.41. The number of guanidine groups is 1. The lowest BCUT2D eigenvalue weighted by molar-refractivity contribution is 0.150. The fourth-order valence-corrected chi connectivity index (χ4v) is 2.89. The van der Waals surface area contributed by atoms with Gasteiger partial charge in [-0.05, 0) is 76.9 Å². The van der Waals surface area contributed by atoms with Gasteiger partial charge in [-0.2, -0.15) is 0 Å². The first kappa shape index (κ1) is 22.0. The van der Waals surface area contributed by atoms with E-state index in [9.17, 15) is 0 Å². The third-order valence-electron chi connectivity index (χ3n) is 4.47. The van der Waals surface area contributed by atoms with Crippen LogP contribution in [0.25, 0.3) is 0 Å². The van der Waals surface area contributed by atoms with Gasteiger partial charge in [0.1, 0.15) is 5.75 Å². The molecule has 1 heterocycles. The number of nitrogens with one attached hydrogen (secondary N) is 1. The van der Waals surface area contributed by atoms with Crippen LogP contribution < -0.4 is 15.8 Å². The molecule has 0 spiro atoms. The molecule has 25 heavy (non-hydrogen) atoms. The predicted octanol–water partition coefficient (Wildman–Crippen LogP) is 3.94. The summed E-state index contributed by atoms with van der Waals surface area (Å²) < 4.78 is 5.63. The van der Waals surface area contributed by atoms with Gasteiger partial charge in [-0.15, -0.1) is 24.0 Å². The number of likely N-dealkylation sites (tertiary alicyclic amines) is 1. The normalized spacial score (nSPS) is 17.9. The molecule has 5 nitrogen and oxygen atoms in total. The Balaban J connectivity index is 0.00000312. The maximum Gasteiger partial charge on any atom is 0.193 e. The minimum Gasteiger partial charge on any atom is -0.491 e. The summed E-state index contributed by atoms with van der Waals surface area (Å²) >= 11 is 0. The van der Waals surface area contributed by atoms with Crippen molar-refractivity contribution in [3.05, 3.63) is 24.3 Å². The lowest BCUT2D eigenvalue weighted by atomic mass is 9.98. The topological polar surface area (TPSA) is 62.9 Å². The molecule has 1 saturated heterocycles. The molecule has 0 aliphatic carbocycles. The van der Waals surface area contributed by atoms with E-state index in [0.29, 0.717) is 12.0 Å². The summed E-state index contributed by atoms with van der Waals surface area (Å²) in [5.41, 5.74) is 6.94. The average molecular weight is 460 g/mol. The number of hydrogen-bond donors (Lipinski definition) is 2. The van der Waals surface area contributed by atoms with Crippen LogP contribution in [-0.2, 0) is 0 Å². The van der Waals surface area contributed by atoms with Crippen molar-refractivity contribution in [3.8, 4) is 5.75 Å². The Hall–Kier alpha value is -1.02. The molecule has 0 aromatic heterocycles. The highest BCUT2D eigenvalue weighted by molar-refractivity contribution is 14.0. The van der Waals surface area contributed by atoms with Gasteiger partial charge in [-0.25, -0.2) is 0 Å². The van der Waals surface area contributed by atoms with Gasteiger partial charge in [0.05, 0.1) is 12.6 Å². The van der Waals surface area contributed by atoms with Gasteiger partial charge in [0, 0.05) is 11.7 Å².